The Morgan fingerprint density at radius 1 is 1.39 bits per heavy atom. The van der Waals surface area contributed by atoms with Gasteiger partial charge in [0, 0.05) is 18.2 Å². The molecule has 0 saturated carbocycles. The van der Waals surface area contributed by atoms with Gasteiger partial charge in [-0.25, -0.2) is 9.18 Å². The highest BCUT2D eigenvalue weighted by Gasteiger charge is 2.32. The number of hydrogen-bond donors (Lipinski definition) is 4. The summed E-state index contributed by atoms with van der Waals surface area (Å²) < 4.78 is 30.9. The lowest BCUT2D eigenvalue weighted by atomic mass is 9.94. The Labute approximate surface area is 209 Å². The van der Waals surface area contributed by atoms with E-state index in [0.29, 0.717) is 0 Å². The zero-order chi connectivity index (χ0) is 24.3. The lowest BCUT2D eigenvalue weighted by Gasteiger charge is -2.27. The van der Waals surface area contributed by atoms with Gasteiger partial charge in [0.05, 0.1) is 16.9 Å². The van der Waals surface area contributed by atoms with Crippen LogP contribution in [-0.2, 0) is 4.74 Å². The van der Waals surface area contributed by atoms with Gasteiger partial charge in [0.25, 0.3) is 5.88 Å². The average Bonchev–Trinajstić information content (AvgIpc) is 2.74. The van der Waals surface area contributed by atoms with E-state index in [0.717, 1.165) is 6.21 Å². The van der Waals surface area contributed by atoms with Gasteiger partial charge in [-0.1, -0.05) is 17.7 Å². The molecule has 178 valence electrons. The minimum Gasteiger partial charge on any atom is -0.484 e. The third-order valence-electron chi connectivity index (χ3n) is 4.42. The van der Waals surface area contributed by atoms with Crippen molar-refractivity contribution in [1.29, 1.82) is 5.41 Å². The Morgan fingerprint density at radius 3 is 2.73 bits per heavy atom. The number of carbonyl (C=O) groups excluding carboxylic acids is 1. The van der Waals surface area contributed by atoms with Gasteiger partial charge in [-0.2, -0.15) is 4.98 Å². The summed E-state index contributed by atoms with van der Waals surface area (Å²) in [6, 6.07) is 2.53. The Balaban J connectivity index is 2.19. The predicted octanol–water partition coefficient (Wildman–Crippen LogP) is 5.43. The Hall–Kier alpha value is -1.95. The number of amides is 1. The largest absolute Gasteiger partial charge is 0.484 e. The van der Waals surface area contributed by atoms with Crippen molar-refractivity contribution < 1.29 is 28.5 Å². The van der Waals surface area contributed by atoms with E-state index in [4.69, 9.17) is 31.2 Å². The molecule has 0 radical (unpaired) electrons. The van der Waals surface area contributed by atoms with Crippen molar-refractivity contribution in [3.8, 4) is 11.6 Å². The Kier molecular flexibility index (Phi) is 8.20. The molecule has 1 aromatic carbocycles. The normalized spacial score (nSPS) is 14.2. The molecule has 9 nitrogen and oxygen atoms in total. The van der Waals surface area contributed by atoms with Gasteiger partial charge >= 0.3 is 6.09 Å². The zero-order valence-corrected chi connectivity index (χ0v) is 21.8. The molecular weight excluding hydrogens is 589 g/mol. The van der Waals surface area contributed by atoms with Crippen LogP contribution in [0.4, 0.5) is 20.6 Å². The lowest BCUT2D eigenvalue weighted by Crippen LogP contribution is -2.28. The van der Waals surface area contributed by atoms with E-state index in [9.17, 15) is 14.3 Å². The van der Waals surface area contributed by atoms with Crippen molar-refractivity contribution in [3.63, 3.8) is 0 Å². The minimum atomic E-state index is -1.49. The van der Waals surface area contributed by atoms with Crippen molar-refractivity contribution in [2.45, 2.75) is 32.5 Å². The van der Waals surface area contributed by atoms with Crippen molar-refractivity contribution in [2.24, 2.45) is 0 Å². The molecular formula is C20H22ClFIN4O5P. The highest BCUT2D eigenvalue weighted by molar-refractivity contribution is 14.2. The second-order valence-corrected chi connectivity index (χ2v) is 10.3. The maximum Gasteiger partial charge on any atom is 0.412 e. The number of anilines is 2. The Morgan fingerprint density at radius 2 is 2.09 bits per heavy atom. The van der Waals surface area contributed by atoms with E-state index in [1.54, 1.807) is 20.8 Å². The molecule has 4 N–H and O–H groups in total. The van der Waals surface area contributed by atoms with Crippen molar-refractivity contribution in [3.05, 3.63) is 39.8 Å². The number of aliphatic hydroxyl groups excluding tert-OH is 1. The van der Waals surface area contributed by atoms with E-state index in [1.807, 2.05) is 22.0 Å². The van der Waals surface area contributed by atoms with Gasteiger partial charge in [0.2, 0.25) is 0 Å². The quantitative estimate of drug-likeness (QED) is 0.149. The predicted molar refractivity (Wildman–Crippen MR) is 134 cm³/mol. The fraction of sp³-hybridized carbons (Fsp3) is 0.350. The fourth-order valence-electron chi connectivity index (χ4n) is 3.17. The minimum absolute atomic E-state index is 0.0423. The molecule has 0 bridgehead atoms. The summed E-state index contributed by atoms with van der Waals surface area (Å²) in [7, 11) is 0. The first-order valence-electron chi connectivity index (χ1n) is 9.69. The van der Waals surface area contributed by atoms with Gasteiger partial charge in [0.15, 0.2) is 10.9 Å². The molecule has 1 aromatic heterocycles. The number of halogens is 3. The molecule has 0 aliphatic carbocycles. The number of nitrogens with one attached hydrogen (secondary N) is 3. The summed E-state index contributed by atoms with van der Waals surface area (Å²) in [5.74, 6) is -0.453. The number of carbonyl (C=O) groups is 1. The number of benzene rings is 1. The van der Waals surface area contributed by atoms with Gasteiger partial charge in [0.1, 0.15) is 30.7 Å². The van der Waals surface area contributed by atoms with E-state index >= 15 is 0 Å². The topological polar surface area (TPSA) is 126 Å². The van der Waals surface area contributed by atoms with E-state index < -0.39 is 23.6 Å². The number of pyridine rings is 1. The van der Waals surface area contributed by atoms with Crippen molar-refractivity contribution in [2.75, 3.05) is 23.6 Å². The van der Waals surface area contributed by atoms with Crippen LogP contribution in [0.1, 0.15) is 43.6 Å². The van der Waals surface area contributed by atoms with Gasteiger partial charge in [-0.05, 0) is 54.4 Å². The molecule has 2 atom stereocenters. The molecule has 0 fully saturated rings. The van der Waals surface area contributed by atoms with Crippen LogP contribution in [0, 0.1) is 11.2 Å². The number of nitrogens with zero attached hydrogens (tertiary/aromatic N) is 1. The van der Waals surface area contributed by atoms with Crippen molar-refractivity contribution in [1.82, 2.24) is 4.98 Å². The van der Waals surface area contributed by atoms with Crippen LogP contribution in [0.3, 0.4) is 0 Å². The molecule has 0 saturated heterocycles. The summed E-state index contributed by atoms with van der Waals surface area (Å²) in [6.45, 7) is 5.48. The van der Waals surface area contributed by atoms with E-state index in [-0.39, 0.29) is 64.4 Å². The number of hydrogen-bond acceptors (Lipinski definition) is 8. The monoisotopic (exact) mass is 610 g/mol. The summed E-state index contributed by atoms with van der Waals surface area (Å²) in [6.07, 6.45) is -1.24. The molecule has 1 aliphatic heterocycles. The van der Waals surface area contributed by atoms with Crippen LogP contribution < -0.4 is 19.9 Å². The van der Waals surface area contributed by atoms with E-state index in [2.05, 4.69) is 15.4 Å². The van der Waals surface area contributed by atoms with Crippen LogP contribution >= 0.6 is 40.0 Å². The second-order valence-electron chi connectivity index (χ2n) is 7.84. The van der Waals surface area contributed by atoms with Crippen LogP contribution in [0.2, 0.25) is 5.15 Å². The van der Waals surface area contributed by atoms with Crippen molar-refractivity contribution >= 4 is 63.7 Å². The molecule has 1 amide bonds. The summed E-state index contributed by atoms with van der Waals surface area (Å²) in [4.78, 5) is 16.6. The first-order valence-corrected chi connectivity index (χ1v) is 14.2. The fourth-order valence-corrected chi connectivity index (χ4v) is 4.56. The number of aromatic nitrogens is 1. The highest BCUT2D eigenvalue weighted by atomic mass is 127. The van der Waals surface area contributed by atoms with Crippen LogP contribution in [-0.4, -0.2) is 41.2 Å². The van der Waals surface area contributed by atoms with Crippen LogP contribution in [0.25, 0.3) is 0 Å². The van der Waals surface area contributed by atoms with Gasteiger partial charge < -0.3 is 29.8 Å². The maximum atomic E-state index is 14.4. The third kappa shape index (κ3) is 5.76. The summed E-state index contributed by atoms with van der Waals surface area (Å²) in [5.41, 5.74) is -0.395. The molecule has 2 unspecified atom stereocenters. The number of ether oxygens (including phenoxy) is 3. The summed E-state index contributed by atoms with van der Waals surface area (Å²) in [5, 5.41) is 24.5. The molecule has 3 rings (SSSR count). The second kappa shape index (κ2) is 10.5. The average molecular weight is 611 g/mol. The lowest BCUT2D eigenvalue weighted by molar-refractivity contribution is 0.0635. The molecule has 0 spiro atoms. The van der Waals surface area contributed by atoms with Gasteiger partial charge in [-0.15, -0.1) is 0 Å². The molecule has 2 heterocycles. The molecule has 2 aromatic rings. The standard InChI is InChI=1S/C20H22ClFIN4O5P/c1-20(2,3)32-19(29)25-14-12(16-18(26-17(14)21)31-7-6-30-16)15(28)9-4-5-11(22)13(27-33-23)10(9)8-24/h4-5,8,15,24,27-28,33H,6-7H2,1-3H3,(H,25,29). The zero-order valence-electron chi connectivity index (χ0n) is 17.9. The SMILES string of the molecule is CC(C)(C)OC(=O)Nc1c(Cl)nc2c(c1C(O)c1ccc(F)c(NPI)c1C=N)OCCO2. The molecule has 33 heavy (non-hydrogen) atoms. The number of fused-ring (bicyclic) bond motifs is 1. The number of aliphatic hydroxyl groups is 1. The first-order chi connectivity index (χ1) is 15.6. The molecule has 1 aliphatic rings. The number of rotatable bonds is 6. The smallest absolute Gasteiger partial charge is 0.412 e. The summed E-state index contributed by atoms with van der Waals surface area (Å²) >= 11 is 8.38. The maximum absolute atomic E-state index is 14.4. The Bertz CT molecular complexity index is 1090. The van der Waals surface area contributed by atoms with Crippen LogP contribution in [0.15, 0.2) is 12.1 Å². The van der Waals surface area contributed by atoms with E-state index in [1.165, 1.54) is 12.1 Å². The first kappa shape index (κ1) is 25.7. The van der Waals surface area contributed by atoms with Gasteiger partial charge in [-0.3, -0.25) is 5.32 Å². The third-order valence-corrected chi connectivity index (χ3v) is 5.85. The van der Waals surface area contributed by atoms with Crippen LogP contribution in [0.5, 0.6) is 11.6 Å². The molecule has 13 heteroatoms. The highest BCUT2D eigenvalue weighted by Crippen LogP contribution is 2.46.